The van der Waals surface area contributed by atoms with Crippen LogP contribution in [0.4, 0.5) is 4.39 Å². The summed E-state index contributed by atoms with van der Waals surface area (Å²) >= 11 is 0. The zero-order valence-corrected chi connectivity index (χ0v) is 5.77. The van der Waals surface area contributed by atoms with Gasteiger partial charge in [-0.3, -0.25) is 4.79 Å². The summed E-state index contributed by atoms with van der Waals surface area (Å²) in [5.74, 6) is 0. The highest BCUT2D eigenvalue weighted by Crippen LogP contribution is 1.75. The third kappa shape index (κ3) is 4.93. The standard InChI is InChI=1S/C6H7FN.CNO/c7-6-8-4-2-1-3-5-8;2-1-3/h1-5H,6H2;/q+1;-1. The lowest BCUT2D eigenvalue weighted by Gasteiger charge is -1.82. The predicted octanol–water partition coefficient (Wildman–Crippen LogP) is 0.793. The average molecular weight is 154 g/mol. The number of rotatable bonds is 1. The molecule has 0 spiro atoms. The van der Waals surface area contributed by atoms with Crippen LogP contribution in [0.2, 0.25) is 0 Å². The lowest BCUT2D eigenvalue weighted by Crippen LogP contribution is -2.29. The van der Waals surface area contributed by atoms with Gasteiger partial charge < -0.3 is 5.41 Å². The normalized spacial score (nSPS) is 7.36. The van der Waals surface area contributed by atoms with Crippen molar-refractivity contribution in [1.82, 2.24) is 0 Å². The van der Waals surface area contributed by atoms with E-state index in [-0.39, 0.29) is 0 Å². The van der Waals surface area contributed by atoms with Crippen molar-refractivity contribution in [3.05, 3.63) is 36.0 Å². The summed E-state index contributed by atoms with van der Waals surface area (Å²) in [7, 11) is 0. The Kier molecular flexibility index (Phi) is 5.66. The summed E-state index contributed by atoms with van der Waals surface area (Å²) in [6.45, 7) is -0.444. The second-order valence-electron chi connectivity index (χ2n) is 1.60. The highest BCUT2D eigenvalue weighted by molar-refractivity contribution is 5.36. The van der Waals surface area contributed by atoms with Gasteiger partial charge >= 0.3 is 0 Å². The Balaban J connectivity index is 0.000000292. The van der Waals surface area contributed by atoms with Crippen LogP contribution in [-0.4, -0.2) is 6.08 Å². The van der Waals surface area contributed by atoms with Crippen LogP contribution in [0.5, 0.6) is 0 Å². The van der Waals surface area contributed by atoms with E-state index in [9.17, 15) is 4.39 Å². The molecule has 0 saturated heterocycles. The van der Waals surface area contributed by atoms with Gasteiger partial charge in [0.05, 0.1) is 0 Å². The molecule has 0 radical (unpaired) electrons. The number of isocyanates is 1. The summed E-state index contributed by atoms with van der Waals surface area (Å²) in [4.78, 5) is 8.24. The van der Waals surface area contributed by atoms with Crippen LogP contribution in [0.25, 0.3) is 5.41 Å². The van der Waals surface area contributed by atoms with E-state index in [1.54, 1.807) is 24.5 Å². The Bertz CT molecular complexity index is 219. The first-order valence-electron chi connectivity index (χ1n) is 2.86. The lowest BCUT2D eigenvalue weighted by molar-refractivity contribution is -0.718. The van der Waals surface area contributed by atoms with E-state index in [1.807, 2.05) is 6.07 Å². The molecular formula is C7H7FN2O. The van der Waals surface area contributed by atoms with Gasteiger partial charge in [0.15, 0.2) is 12.4 Å². The number of hydrogen-bond acceptors (Lipinski definition) is 1. The largest absolute Gasteiger partial charge is 0.724 e. The Morgan fingerprint density at radius 1 is 1.36 bits per heavy atom. The van der Waals surface area contributed by atoms with Crippen molar-refractivity contribution in [1.29, 1.82) is 0 Å². The molecule has 0 bridgehead atoms. The fourth-order valence-corrected chi connectivity index (χ4v) is 0.514. The smallest absolute Gasteiger partial charge is 0.289 e. The summed E-state index contributed by atoms with van der Waals surface area (Å²) < 4.78 is 13.1. The molecule has 58 valence electrons. The number of alkyl halides is 1. The molecule has 1 heterocycles. The molecule has 4 heteroatoms. The second-order valence-corrected chi connectivity index (χ2v) is 1.60. The lowest BCUT2D eigenvalue weighted by atomic mass is 10.5. The molecule has 0 aliphatic carbocycles. The Morgan fingerprint density at radius 3 is 2.09 bits per heavy atom. The first-order valence-corrected chi connectivity index (χ1v) is 2.86. The predicted molar refractivity (Wildman–Crippen MR) is 36.8 cm³/mol. The van der Waals surface area contributed by atoms with Crippen molar-refractivity contribution in [3.63, 3.8) is 0 Å². The van der Waals surface area contributed by atoms with Crippen LogP contribution in [0, 0.1) is 0 Å². The monoisotopic (exact) mass is 154 g/mol. The Hall–Kier alpha value is -1.54. The fraction of sp³-hybridized carbons (Fsp3) is 0.143. The number of hydrogen-bond donors (Lipinski definition) is 0. The van der Waals surface area contributed by atoms with Crippen molar-refractivity contribution >= 4 is 6.08 Å². The van der Waals surface area contributed by atoms with E-state index in [0.29, 0.717) is 6.08 Å². The maximum absolute atomic E-state index is 11.7. The van der Waals surface area contributed by atoms with Gasteiger partial charge in [-0.2, -0.15) is 8.96 Å². The Labute approximate surface area is 63.6 Å². The Morgan fingerprint density at radius 2 is 1.82 bits per heavy atom. The minimum Gasteiger partial charge on any atom is -0.724 e. The molecule has 3 nitrogen and oxygen atoms in total. The van der Waals surface area contributed by atoms with E-state index in [0.717, 1.165) is 0 Å². The molecule has 0 aliphatic heterocycles. The van der Waals surface area contributed by atoms with Gasteiger partial charge in [-0.05, 0) is 6.08 Å². The van der Waals surface area contributed by atoms with Crippen LogP contribution in [-0.2, 0) is 11.6 Å². The van der Waals surface area contributed by atoms with E-state index in [4.69, 9.17) is 10.2 Å². The first kappa shape index (κ1) is 9.46. The van der Waals surface area contributed by atoms with Gasteiger partial charge in [0.25, 0.3) is 6.80 Å². The molecule has 0 saturated carbocycles. The van der Waals surface area contributed by atoms with E-state index in [2.05, 4.69) is 0 Å². The van der Waals surface area contributed by atoms with Gasteiger partial charge in [0.1, 0.15) is 0 Å². The fourth-order valence-electron chi connectivity index (χ4n) is 0.514. The van der Waals surface area contributed by atoms with E-state index < -0.39 is 6.80 Å². The van der Waals surface area contributed by atoms with Gasteiger partial charge in [0, 0.05) is 12.1 Å². The topological polar surface area (TPSA) is 43.2 Å². The molecule has 0 atom stereocenters. The van der Waals surface area contributed by atoms with Crippen molar-refractivity contribution in [3.8, 4) is 0 Å². The second kappa shape index (κ2) is 6.58. The molecule has 1 aromatic rings. The van der Waals surface area contributed by atoms with Crippen molar-refractivity contribution in [2.45, 2.75) is 6.80 Å². The number of aromatic nitrogens is 1. The van der Waals surface area contributed by atoms with Crippen LogP contribution in [0.3, 0.4) is 0 Å². The minimum absolute atomic E-state index is 0.444. The zero-order valence-electron chi connectivity index (χ0n) is 5.77. The molecule has 0 aliphatic rings. The van der Waals surface area contributed by atoms with E-state index in [1.165, 1.54) is 4.57 Å². The summed E-state index contributed by atoms with van der Waals surface area (Å²) in [6.07, 6.45) is 3.86. The molecule has 0 amide bonds. The highest BCUT2D eigenvalue weighted by atomic mass is 19.1. The van der Waals surface area contributed by atoms with Gasteiger partial charge in [-0.1, -0.05) is 6.07 Å². The quantitative estimate of drug-likeness (QED) is 0.335. The number of halogens is 1. The van der Waals surface area contributed by atoms with Gasteiger partial charge in [-0.15, -0.1) is 0 Å². The molecular weight excluding hydrogens is 147 g/mol. The minimum atomic E-state index is -0.444. The van der Waals surface area contributed by atoms with Gasteiger partial charge in [-0.25, -0.2) is 0 Å². The molecule has 11 heavy (non-hydrogen) atoms. The summed E-state index contributed by atoms with van der Waals surface area (Å²) in [6, 6.07) is 5.44. The third-order valence-electron chi connectivity index (χ3n) is 0.915. The molecule has 0 unspecified atom stereocenters. The number of pyridine rings is 1. The third-order valence-corrected chi connectivity index (χ3v) is 0.915. The van der Waals surface area contributed by atoms with Gasteiger partial charge in [0.2, 0.25) is 0 Å². The summed E-state index contributed by atoms with van der Waals surface area (Å²) in [5.41, 5.74) is 0. The molecule has 1 rings (SSSR count). The van der Waals surface area contributed by atoms with Crippen LogP contribution >= 0.6 is 0 Å². The maximum atomic E-state index is 11.7. The summed E-state index contributed by atoms with van der Waals surface area (Å²) in [5, 5.41) is 6.76. The van der Waals surface area contributed by atoms with Crippen molar-refractivity contribution < 1.29 is 13.8 Å². The zero-order chi connectivity index (χ0) is 8.53. The molecule has 0 fully saturated rings. The molecule has 0 aromatic carbocycles. The number of nitrogens with zero attached hydrogens (tertiary/aromatic N) is 2. The van der Waals surface area contributed by atoms with E-state index >= 15 is 0 Å². The van der Waals surface area contributed by atoms with Crippen molar-refractivity contribution in [2.24, 2.45) is 0 Å². The SMILES string of the molecule is FC[n+]1ccccc1.[N-]=C=O. The molecule has 0 N–H and O–H groups in total. The van der Waals surface area contributed by atoms with Crippen LogP contribution < -0.4 is 4.57 Å². The average Bonchev–Trinajstić information content (AvgIpc) is 2.08. The maximum Gasteiger partial charge on any atom is 0.289 e. The highest BCUT2D eigenvalue weighted by Gasteiger charge is 1.89. The van der Waals surface area contributed by atoms with Crippen LogP contribution in [0.15, 0.2) is 30.6 Å². The number of carbonyl (C=O) groups excluding carboxylic acids is 1. The van der Waals surface area contributed by atoms with Crippen LogP contribution in [0.1, 0.15) is 0 Å². The van der Waals surface area contributed by atoms with Crippen molar-refractivity contribution in [2.75, 3.05) is 0 Å². The molecule has 1 aromatic heterocycles. The first-order chi connectivity index (χ1) is 5.35.